The lowest BCUT2D eigenvalue weighted by atomic mass is 10.0. The van der Waals surface area contributed by atoms with Crippen molar-refractivity contribution in [3.05, 3.63) is 28.8 Å². The molecule has 0 atom stereocenters. The van der Waals surface area contributed by atoms with E-state index in [1.165, 1.54) is 12.1 Å². The highest BCUT2D eigenvalue weighted by Gasteiger charge is 2.22. The van der Waals surface area contributed by atoms with Gasteiger partial charge in [-0.25, -0.2) is 4.79 Å². The van der Waals surface area contributed by atoms with E-state index in [4.69, 9.17) is 10.00 Å². The molecule has 0 saturated carbocycles. The molecule has 0 fully saturated rings. The van der Waals surface area contributed by atoms with Crippen molar-refractivity contribution in [2.24, 2.45) is 0 Å². The lowest BCUT2D eigenvalue weighted by Gasteiger charge is -2.12. The molecular formula is C12H11F2NO3. The summed E-state index contributed by atoms with van der Waals surface area (Å²) in [6.07, 6.45) is 0. The van der Waals surface area contributed by atoms with Crippen LogP contribution in [0.25, 0.3) is 0 Å². The van der Waals surface area contributed by atoms with Crippen LogP contribution in [-0.2, 0) is 4.74 Å². The molecule has 0 N–H and O–H groups in total. The summed E-state index contributed by atoms with van der Waals surface area (Å²) in [7, 11) is 0. The fourth-order valence-electron chi connectivity index (χ4n) is 1.43. The summed E-state index contributed by atoms with van der Waals surface area (Å²) in [6.45, 7) is 0.166. The highest BCUT2D eigenvalue weighted by atomic mass is 19.3. The molecular weight excluding hydrogens is 244 g/mol. The largest absolute Gasteiger partial charge is 0.462 e. The summed E-state index contributed by atoms with van der Waals surface area (Å²) in [5, 5.41) is 8.97. The average Bonchev–Trinajstić information content (AvgIpc) is 2.30. The number of alkyl halides is 2. The van der Waals surface area contributed by atoms with Crippen LogP contribution in [0.2, 0.25) is 0 Å². The quantitative estimate of drug-likeness (QED) is 0.776. The van der Waals surface area contributed by atoms with Crippen LogP contribution >= 0.6 is 0 Å². The van der Waals surface area contributed by atoms with E-state index >= 15 is 0 Å². The van der Waals surface area contributed by atoms with E-state index in [0.717, 1.165) is 0 Å². The number of benzene rings is 1. The second-order valence-electron chi connectivity index (χ2n) is 3.34. The van der Waals surface area contributed by atoms with E-state index in [-0.39, 0.29) is 23.5 Å². The molecule has 0 bridgehead atoms. The van der Waals surface area contributed by atoms with Crippen molar-refractivity contribution < 1.29 is 23.0 Å². The Morgan fingerprint density at radius 3 is 2.67 bits per heavy atom. The number of aryl methyl sites for hydroxylation is 1. The molecule has 0 aliphatic rings. The first-order valence-corrected chi connectivity index (χ1v) is 5.16. The SMILES string of the molecule is CCOC(=O)c1c(OC(F)F)ccc(C)c1C#N. The number of carbonyl (C=O) groups is 1. The van der Waals surface area contributed by atoms with E-state index in [0.29, 0.717) is 5.56 Å². The van der Waals surface area contributed by atoms with Gasteiger partial charge < -0.3 is 9.47 Å². The number of esters is 1. The van der Waals surface area contributed by atoms with Crippen LogP contribution in [0.1, 0.15) is 28.4 Å². The zero-order valence-electron chi connectivity index (χ0n) is 9.87. The van der Waals surface area contributed by atoms with Crippen LogP contribution in [0.5, 0.6) is 5.75 Å². The number of ether oxygens (including phenoxy) is 2. The predicted molar refractivity (Wildman–Crippen MR) is 58.5 cm³/mol. The molecule has 1 rings (SSSR count). The van der Waals surface area contributed by atoms with Crippen LogP contribution in [0.15, 0.2) is 12.1 Å². The molecule has 6 heteroatoms. The maximum absolute atomic E-state index is 12.2. The fraction of sp³-hybridized carbons (Fsp3) is 0.333. The molecule has 0 radical (unpaired) electrons. The van der Waals surface area contributed by atoms with Crippen molar-refractivity contribution in [2.75, 3.05) is 6.61 Å². The van der Waals surface area contributed by atoms with E-state index < -0.39 is 12.6 Å². The fourth-order valence-corrected chi connectivity index (χ4v) is 1.43. The van der Waals surface area contributed by atoms with Gasteiger partial charge in [0.25, 0.3) is 0 Å². The Balaban J connectivity index is 3.35. The third-order valence-electron chi connectivity index (χ3n) is 2.18. The summed E-state index contributed by atoms with van der Waals surface area (Å²) in [6, 6.07) is 4.44. The third kappa shape index (κ3) is 2.94. The Morgan fingerprint density at radius 2 is 2.17 bits per heavy atom. The number of rotatable bonds is 4. The monoisotopic (exact) mass is 255 g/mol. The molecule has 0 aliphatic heterocycles. The Hall–Kier alpha value is -2.16. The van der Waals surface area contributed by atoms with E-state index in [2.05, 4.69) is 4.74 Å². The van der Waals surface area contributed by atoms with Gasteiger partial charge in [0.05, 0.1) is 12.2 Å². The first-order chi connectivity index (χ1) is 8.51. The molecule has 0 saturated heterocycles. The van der Waals surface area contributed by atoms with Crippen molar-refractivity contribution in [1.82, 2.24) is 0 Å². The minimum Gasteiger partial charge on any atom is -0.462 e. The first-order valence-electron chi connectivity index (χ1n) is 5.16. The van der Waals surface area contributed by atoms with Gasteiger partial charge in [-0.2, -0.15) is 14.0 Å². The van der Waals surface area contributed by atoms with Gasteiger partial charge in [0.15, 0.2) is 0 Å². The number of nitriles is 1. The highest BCUT2D eigenvalue weighted by Crippen LogP contribution is 2.27. The molecule has 1 aromatic carbocycles. The number of halogens is 2. The van der Waals surface area contributed by atoms with E-state index in [1.807, 2.05) is 0 Å². The standard InChI is InChI=1S/C12H11F2NO3/c1-3-17-11(16)10-8(6-15)7(2)4-5-9(10)18-12(13)14/h4-5,12H,3H2,1-2H3. The predicted octanol–water partition coefficient (Wildman–Crippen LogP) is 2.64. The number of hydrogen-bond donors (Lipinski definition) is 0. The van der Waals surface area contributed by atoms with Crippen molar-refractivity contribution in [3.8, 4) is 11.8 Å². The minimum absolute atomic E-state index is 0.0217. The lowest BCUT2D eigenvalue weighted by Crippen LogP contribution is -2.13. The molecule has 18 heavy (non-hydrogen) atoms. The van der Waals surface area contributed by atoms with Gasteiger partial charge in [-0.1, -0.05) is 6.07 Å². The zero-order chi connectivity index (χ0) is 13.7. The van der Waals surface area contributed by atoms with E-state index in [9.17, 15) is 13.6 Å². The van der Waals surface area contributed by atoms with E-state index in [1.54, 1.807) is 19.9 Å². The highest BCUT2D eigenvalue weighted by molar-refractivity contribution is 5.95. The number of nitrogens with zero attached hydrogens (tertiary/aromatic N) is 1. The summed E-state index contributed by atoms with van der Waals surface area (Å²) < 4.78 is 33.4. The Labute approximate surface area is 103 Å². The van der Waals surface area contributed by atoms with Crippen molar-refractivity contribution in [2.45, 2.75) is 20.5 Å². The molecule has 0 spiro atoms. The van der Waals surface area contributed by atoms with Gasteiger partial charge in [0, 0.05) is 0 Å². The Bertz CT molecular complexity index is 495. The second kappa shape index (κ2) is 5.96. The van der Waals surface area contributed by atoms with Crippen molar-refractivity contribution in [1.29, 1.82) is 5.26 Å². The average molecular weight is 255 g/mol. The first kappa shape index (κ1) is 13.9. The second-order valence-corrected chi connectivity index (χ2v) is 3.34. The number of carbonyl (C=O) groups excluding carboxylic acids is 1. The lowest BCUT2D eigenvalue weighted by molar-refractivity contribution is -0.0504. The van der Waals surface area contributed by atoms with Gasteiger partial charge in [-0.15, -0.1) is 0 Å². The summed E-state index contributed by atoms with van der Waals surface area (Å²) >= 11 is 0. The van der Waals surface area contributed by atoms with Crippen molar-refractivity contribution >= 4 is 5.97 Å². The summed E-state index contributed by atoms with van der Waals surface area (Å²) in [5.74, 6) is -1.21. The van der Waals surface area contributed by atoms with Crippen LogP contribution in [0.3, 0.4) is 0 Å². The van der Waals surface area contributed by atoms with Crippen LogP contribution < -0.4 is 4.74 Å². The van der Waals surface area contributed by atoms with Gasteiger partial charge in [-0.05, 0) is 25.5 Å². The molecule has 4 nitrogen and oxygen atoms in total. The third-order valence-corrected chi connectivity index (χ3v) is 2.18. The van der Waals surface area contributed by atoms with Crippen LogP contribution in [0.4, 0.5) is 8.78 Å². The maximum atomic E-state index is 12.2. The van der Waals surface area contributed by atoms with Crippen LogP contribution in [0, 0.1) is 18.3 Å². The van der Waals surface area contributed by atoms with Crippen molar-refractivity contribution in [3.63, 3.8) is 0 Å². The topological polar surface area (TPSA) is 59.3 Å². The van der Waals surface area contributed by atoms with Gasteiger partial charge in [0.1, 0.15) is 17.4 Å². The minimum atomic E-state index is -3.08. The van der Waals surface area contributed by atoms with Gasteiger partial charge in [-0.3, -0.25) is 0 Å². The molecule has 96 valence electrons. The summed E-state index contributed by atoms with van der Waals surface area (Å²) in [4.78, 5) is 11.7. The summed E-state index contributed by atoms with van der Waals surface area (Å²) in [5.41, 5.74) is 0.202. The molecule has 0 unspecified atom stereocenters. The normalized spacial score (nSPS) is 10.0. The molecule has 0 aromatic heterocycles. The smallest absolute Gasteiger partial charge is 0.387 e. The molecule has 1 aromatic rings. The van der Waals surface area contributed by atoms with Gasteiger partial charge in [0.2, 0.25) is 0 Å². The molecule has 0 heterocycles. The zero-order valence-corrected chi connectivity index (χ0v) is 9.87. The Morgan fingerprint density at radius 1 is 1.50 bits per heavy atom. The Kier molecular flexibility index (Phi) is 4.60. The number of hydrogen-bond acceptors (Lipinski definition) is 4. The van der Waals surface area contributed by atoms with Crippen LogP contribution in [-0.4, -0.2) is 19.2 Å². The molecule has 0 aliphatic carbocycles. The van der Waals surface area contributed by atoms with Gasteiger partial charge >= 0.3 is 12.6 Å². The maximum Gasteiger partial charge on any atom is 0.387 e. The molecule has 0 amide bonds.